The van der Waals surface area contributed by atoms with Crippen molar-refractivity contribution in [2.45, 2.75) is 32.9 Å². The number of aryl methyl sites for hydroxylation is 4. The molecule has 28 heavy (non-hydrogen) atoms. The number of nitrogens with zero attached hydrogens (tertiary/aromatic N) is 3. The van der Waals surface area contributed by atoms with Crippen LogP contribution < -0.4 is 5.32 Å². The van der Waals surface area contributed by atoms with Gasteiger partial charge in [0.15, 0.2) is 10.8 Å². The maximum absolute atomic E-state index is 12.5. The van der Waals surface area contributed by atoms with Crippen molar-refractivity contribution in [1.82, 2.24) is 14.6 Å². The number of rotatable bonds is 4. The van der Waals surface area contributed by atoms with E-state index in [0.29, 0.717) is 0 Å². The summed E-state index contributed by atoms with van der Waals surface area (Å²) in [5.41, 5.74) is 7.32. The molecule has 0 fully saturated rings. The Balaban J connectivity index is 1.67. The van der Waals surface area contributed by atoms with Crippen molar-refractivity contribution in [3.8, 4) is 0 Å². The van der Waals surface area contributed by atoms with Crippen molar-refractivity contribution >= 4 is 39.9 Å². The average Bonchev–Trinajstić information content (AvgIpc) is 3.10. The number of carbonyl (C=O) groups is 1. The highest BCUT2D eigenvalue weighted by Gasteiger charge is 2.16. The number of aromatic nitrogens is 3. The fourth-order valence-corrected chi connectivity index (χ4v) is 4.12. The van der Waals surface area contributed by atoms with Gasteiger partial charge in [-0.05, 0) is 67.5 Å². The number of nitrogens with one attached hydrogen (secondary N) is 1. The second kappa shape index (κ2) is 7.28. The molecule has 2 aromatic carbocycles. The number of carbonyl (C=O) groups excluding carboxylic acids is 1. The monoisotopic (exact) mass is 390 g/mol. The Kier molecular flexibility index (Phi) is 4.81. The molecule has 0 spiro atoms. The Hall–Kier alpha value is -2.86. The van der Waals surface area contributed by atoms with E-state index >= 15 is 0 Å². The molecule has 142 valence electrons. The highest BCUT2D eigenvalue weighted by Crippen LogP contribution is 2.29. The molecule has 0 saturated heterocycles. The molecular weight excluding hydrogens is 368 g/mol. The van der Waals surface area contributed by atoms with Gasteiger partial charge in [0.25, 0.3) is 0 Å². The Morgan fingerprint density at radius 3 is 2.57 bits per heavy atom. The van der Waals surface area contributed by atoms with Gasteiger partial charge in [0, 0.05) is 5.69 Å². The first-order valence-electron chi connectivity index (χ1n) is 9.18. The zero-order valence-electron chi connectivity index (χ0n) is 16.4. The normalized spacial score (nSPS) is 11.3. The third-order valence-electron chi connectivity index (χ3n) is 5.07. The Morgan fingerprint density at radius 2 is 1.79 bits per heavy atom. The molecule has 4 rings (SSSR count). The zero-order valence-corrected chi connectivity index (χ0v) is 17.2. The van der Waals surface area contributed by atoms with Crippen LogP contribution in [0.2, 0.25) is 0 Å². The van der Waals surface area contributed by atoms with Gasteiger partial charge in [-0.1, -0.05) is 42.1 Å². The minimum absolute atomic E-state index is 0.0547. The van der Waals surface area contributed by atoms with E-state index in [9.17, 15) is 4.79 Å². The van der Waals surface area contributed by atoms with Crippen LogP contribution in [0.15, 0.2) is 47.6 Å². The van der Waals surface area contributed by atoms with Crippen LogP contribution in [0.3, 0.4) is 0 Å². The predicted octanol–water partition coefficient (Wildman–Crippen LogP) is 4.85. The largest absolute Gasteiger partial charge is 0.325 e. The van der Waals surface area contributed by atoms with Gasteiger partial charge in [-0.2, -0.15) is 0 Å². The van der Waals surface area contributed by atoms with E-state index in [-0.39, 0.29) is 11.7 Å². The third kappa shape index (κ3) is 3.24. The lowest BCUT2D eigenvalue weighted by atomic mass is 10.0. The Morgan fingerprint density at radius 1 is 1.00 bits per heavy atom. The first-order valence-corrected chi connectivity index (χ1v) is 10.2. The lowest BCUT2D eigenvalue weighted by Gasteiger charge is -2.11. The van der Waals surface area contributed by atoms with Crippen LogP contribution in [-0.2, 0) is 4.79 Å². The van der Waals surface area contributed by atoms with E-state index in [4.69, 9.17) is 0 Å². The molecule has 1 amide bonds. The molecule has 0 saturated carbocycles. The summed E-state index contributed by atoms with van der Waals surface area (Å²) in [6.45, 7) is 8.24. The van der Waals surface area contributed by atoms with Crippen LogP contribution in [0.4, 0.5) is 5.69 Å². The SMILES string of the molecule is Cc1ccccc1NC(=O)CSc1nnc2c(C)cc3ccc(C)c(C)c3n12. The Labute approximate surface area is 168 Å². The molecule has 0 radical (unpaired) electrons. The minimum atomic E-state index is -0.0547. The summed E-state index contributed by atoms with van der Waals surface area (Å²) in [6.07, 6.45) is 0. The number of amides is 1. The van der Waals surface area contributed by atoms with E-state index in [1.54, 1.807) is 0 Å². The summed E-state index contributed by atoms with van der Waals surface area (Å²) in [6, 6.07) is 14.2. The van der Waals surface area contributed by atoms with E-state index < -0.39 is 0 Å². The van der Waals surface area contributed by atoms with E-state index in [1.165, 1.54) is 22.9 Å². The van der Waals surface area contributed by atoms with Crippen molar-refractivity contribution in [3.63, 3.8) is 0 Å². The highest BCUT2D eigenvalue weighted by atomic mass is 32.2. The van der Waals surface area contributed by atoms with Crippen LogP contribution >= 0.6 is 11.8 Å². The minimum Gasteiger partial charge on any atom is -0.325 e. The number of thioether (sulfide) groups is 1. The van der Waals surface area contributed by atoms with Gasteiger partial charge >= 0.3 is 0 Å². The molecule has 0 aliphatic heterocycles. The lowest BCUT2D eigenvalue weighted by molar-refractivity contribution is -0.113. The van der Waals surface area contributed by atoms with Crippen molar-refractivity contribution in [3.05, 3.63) is 64.7 Å². The van der Waals surface area contributed by atoms with Gasteiger partial charge < -0.3 is 5.32 Å². The molecule has 2 aromatic heterocycles. The topological polar surface area (TPSA) is 59.3 Å². The Bertz CT molecular complexity index is 1210. The molecule has 0 atom stereocenters. The van der Waals surface area contributed by atoms with E-state index in [1.807, 2.05) is 38.1 Å². The maximum atomic E-state index is 12.5. The fraction of sp³-hybridized carbons (Fsp3) is 0.227. The number of para-hydroxylation sites is 1. The molecule has 4 aromatic rings. The summed E-state index contributed by atoms with van der Waals surface area (Å²) in [4.78, 5) is 12.5. The number of pyridine rings is 1. The van der Waals surface area contributed by atoms with Crippen molar-refractivity contribution in [2.24, 2.45) is 0 Å². The van der Waals surface area contributed by atoms with E-state index in [0.717, 1.165) is 38.5 Å². The lowest BCUT2D eigenvalue weighted by Crippen LogP contribution is -2.15. The zero-order chi connectivity index (χ0) is 19.8. The molecule has 5 nitrogen and oxygen atoms in total. The van der Waals surface area contributed by atoms with Crippen molar-refractivity contribution in [2.75, 3.05) is 11.1 Å². The average molecular weight is 391 g/mol. The molecule has 0 bridgehead atoms. The fourth-order valence-electron chi connectivity index (χ4n) is 3.38. The van der Waals surface area contributed by atoms with E-state index in [2.05, 4.69) is 52.0 Å². The molecule has 0 aliphatic carbocycles. The third-order valence-corrected chi connectivity index (χ3v) is 6.00. The molecule has 0 aliphatic rings. The van der Waals surface area contributed by atoms with Crippen LogP contribution in [0, 0.1) is 27.7 Å². The quantitative estimate of drug-likeness (QED) is 0.506. The molecule has 1 N–H and O–H groups in total. The van der Waals surface area contributed by atoms with Crippen LogP contribution in [0.5, 0.6) is 0 Å². The second-order valence-electron chi connectivity index (χ2n) is 7.07. The number of hydrogen-bond acceptors (Lipinski definition) is 4. The molecule has 2 heterocycles. The first kappa shape index (κ1) is 18.5. The number of fused-ring (bicyclic) bond motifs is 3. The molecular formula is C22H22N4OS. The summed E-state index contributed by atoms with van der Waals surface area (Å²) in [7, 11) is 0. The summed E-state index contributed by atoms with van der Waals surface area (Å²) < 4.78 is 2.08. The van der Waals surface area contributed by atoms with Gasteiger partial charge in [0.05, 0.1) is 11.3 Å². The summed E-state index contributed by atoms with van der Waals surface area (Å²) >= 11 is 1.41. The smallest absolute Gasteiger partial charge is 0.234 e. The second-order valence-corrected chi connectivity index (χ2v) is 8.01. The maximum Gasteiger partial charge on any atom is 0.234 e. The van der Waals surface area contributed by atoms with Gasteiger partial charge in [-0.15, -0.1) is 10.2 Å². The van der Waals surface area contributed by atoms with Crippen LogP contribution in [-0.4, -0.2) is 26.3 Å². The highest BCUT2D eigenvalue weighted by molar-refractivity contribution is 7.99. The number of benzene rings is 2. The number of hydrogen-bond donors (Lipinski definition) is 1. The molecule has 0 unspecified atom stereocenters. The number of anilines is 1. The van der Waals surface area contributed by atoms with Crippen molar-refractivity contribution in [1.29, 1.82) is 0 Å². The predicted molar refractivity (Wildman–Crippen MR) is 115 cm³/mol. The molecule has 6 heteroatoms. The standard InChI is InChI=1S/C22H22N4OS/c1-13-9-10-17-11-15(3)21-24-25-22(26(21)20(17)16(13)4)28-12-19(27)23-18-8-6-5-7-14(18)2/h5-11H,12H2,1-4H3,(H,23,27). The van der Waals surface area contributed by atoms with Gasteiger partial charge in [-0.25, -0.2) is 0 Å². The van der Waals surface area contributed by atoms with Gasteiger partial charge in [0.1, 0.15) is 0 Å². The van der Waals surface area contributed by atoms with Gasteiger partial charge in [0.2, 0.25) is 5.91 Å². The van der Waals surface area contributed by atoms with Crippen molar-refractivity contribution < 1.29 is 4.79 Å². The van der Waals surface area contributed by atoms with Crippen LogP contribution in [0.1, 0.15) is 22.3 Å². The first-order chi connectivity index (χ1) is 13.5. The van der Waals surface area contributed by atoms with Gasteiger partial charge in [-0.3, -0.25) is 9.20 Å². The summed E-state index contributed by atoms with van der Waals surface area (Å²) in [5, 5.41) is 13.6. The summed E-state index contributed by atoms with van der Waals surface area (Å²) in [5.74, 6) is 0.219. The van der Waals surface area contributed by atoms with Crippen LogP contribution in [0.25, 0.3) is 16.6 Å².